The normalized spacial score (nSPS) is 12.1. The number of benzene rings is 1. The second-order valence-electron chi connectivity index (χ2n) is 5.14. The van der Waals surface area contributed by atoms with Gasteiger partial charge in [-0.15, -0.1) is 0 Å². The van der Waals surface area contributed by atoms with E-state index in [-0.39, 0.29) is 5.92 Å². The molecular weight excluding hydrogens is 261 g/mol. The first-order chi connectivity index (χ1) is 9.35. The Morgan fingerprint density at radius 3 is 2.50 bits per heavy atom. The molecule has 1 N–H and O–H groups in total. The zero-order valence-electron chi connectivity index (χ0n) is 12.2. The number of methoxy groups -OCH3 is 1. The predicted octanol–water partition coefficient (Wildman–Crippen LogP) is 2.45. The molecule has 1 amide bonds. The summed E-state index contributed by atoms with van der Waals surface area (Å²) in [6.45, 7) is 5.55. The summed E-state index contributed by atoms with van der Waals surface area (Å²) in [5.41, 5.74) is 0.875. The van der Waals surface area contributed by atoms with Crippen molar-refractivity contribution in [2.75, 3.05) is 7.11 Å². The van der Waals surface area contributed by atoms with Gasteiger partial charge in [-0.2, -0.15) is 0 Å². The summed E-state index contributed by atoms with van der Waals surface area (Å²) in [4.78, 5) is 23.8. The Kier molecular flexibility index (Phi) is 5.67. The number of carbonyl (C=O) groups excluding carboxylic acids is 2. The van der Waals surface area contributed by atoms with Crippen LogP contribution in [0.3, 0.4) is 0 Å². The lowest BCUT2D eigenvalue weighted by Crippen LogP contribution is -2.42. The fourth-order valence-corrected chi connectivity index (χ4v) is 1.95. The SMILES string of the molecule is COC(=O)C(CC(C)C)NC(=O)c1ccc(F)cc1C. The van der Waals surface area contributed by atoms with E-state index in [4.69, 9.17) is 0 Å². The maximum Gasteiger partial charge on any atom is 0.328 e. The number of esters is 1. The lowest BCUT2D eigenvalue weighted by molar-refractivity contribution is -0.143. The van der Waals surface area contributed by atoms with Gasteiger partial charge in [-0.3, -0.25) is 4.79 Å². The molecule has 1 aromatic carbocycles. The van der Waals surface area contributed by atoms with E-state index in [1.54, 1.807) is 6.92 Å². The van der Waals surface area contributed by atoms with Gasteiger partial charge in [0.25, 0.3) is 5.91 Å². The molecule has 0 spiro atoms. The molecule has 4 nitrogen and oxygen atoms in total. The average Bonchev–Trinajstić information content (AvgIpc) is 2.36. The highest BCUT2D eigenvalue weighted by molar-refractivity contribution is 5.97. The van der Waals surface area contributed by atoms with Crippen LogP contribution in [-0.4, -0.2) is 25.0 Å². The summed E-state index contributed by atoms with van der Waals surface area (Å²) >= 11 is 0. The van der Waals surface area contributed by atoms with Gasteiger partial charge in [0.05, 0.1) is 7.11 Å². The minimum absolute atomic E-state index is 0.230. The molecule has 0 aliphatic heterocycles. The molecule has 0 saturated heterocycles. The van der Waals surface area contributed by atoms with Crippen LogP contribution in [0.5, 0.6) is 0 Å². The highest BCUT2D eigenvalue weighted by atomic mass is 19.1. The van der Waals surface area contributed by atoms with Crippen LogP contribution in [0, 0.1) is 18.7 Å². The zero-order chi connectivity index (χ0) is 15.3. The monoisotopic (exact) mass is 281 g/mol. The van der Waals surface area contributed by atoms with Gasteiger partial charge in [0, 0.05) is 5.56 Å². The molecule has 0 fully saturated rings. The summed E-state index contributed by atoms with van der Waals surface area (Å²) in [6, 6.07) is 3.21. The molecule has 0 aliphatic carbocycles. The van der Waals surface area contributed by atoms with Crippen LogP contribution in [0.25, 0.3) is 0 Å². The number of halogens is 1. The van der Waals surface area contributed by atoms with Gasteiger partial charge in [0.1, 0.15) is 11.9 Å². The third kappa shape index (κ3) is 4.33. The number of aryl methyl sites for hydroxylation is 1. The topological polar surface area (TPSA) is 55.4 Å². The van der Waals surface area contributed by atoms with Gasteiger partial charge in [0.2, 0.25) is 0 Å². The first kappa shape index (κ1) is 16.1. The number of ether oxygens (including phenoxy) is 1. The van der Waals surface area contributed by atoms with Crippen LogP contribution in [0.15, 0.2) is 18.2 Å². The molecule has 5 heteroatoms. The molecule has 0 heterocycles. The van der Waals surface area contributed by atoms with Crippen LogP contribution < -0.4 is 5.32 Å². The number of hydrogen-bond donors (Lipinski definition) is 1. The molecule has 0 bridgehead atoms. The van der Waals surface area contributed by atoms with Crippen molar-refractivity contribution >= 4 is 11.9 Å². The molecule has 0 aliphatic rings. The Morgan fingerprint density at radius 2 is 2.00 bits per heavy atom. The van der Waals surface area contributed by atoms with Gasteiger partial charge >= 0.3 is 5.97 Å². The first-order valence-electron chi connectivity index (χ1n) is 6.50. The fraction of sp³-hybridized carbons (Fsp3) is 0.467. The van der Waals surface area contributed by atoms with Gasteiger partial charge < -0.3 is 10.1 Å². The van der Waals surface area contributed by atoms with Crippen LogP contribution in [-0.2, 0) is 9.53 Å². The van der Waals surface area contributed by atoms with E-state index in [1.165, 1.54) is 25.3 Å². The summed E-state index contributed by atoms with van der Waals surface area (Å²) in [5.74, 6) is -1.05. The van der Waals surface area contributed by atoms with Gasteiger partial charge in [-0.1, -0.05) is 13.8 Å². The zero-order valence-corrected chi connectivity index (χ0v) is 12.2. The van der Waals surface area contributed by atoms with Gasteiger partial charge in [-0.05, 0) is 43.0 Å². The highest BCUT2D eigenvalue weighted by Crippen LogP contribution is 2.12. The Bertz CT molecular complexity index is 500. The maximum absolute atomic E-state index is 13.0. The molecule has 1 unspecified atom stereocenters. The lowest BCUT2D eigenvalue weighted by Gasteiger charge is -2.18. The van der Waals surface area contributed by atoms with Gasteiger partial charge in [0.15, 0.2) is 0 Å². The Morgan fingerprint density at radius 1 is 1.35 bits per heavy atom. The van der Waals surface area contributed by atoms with Crippen LogP contribution in [0.2, 0.25) is 0 Å². The van der Waals surface area contributed by atoms with Crippen molar-refractivity contribution < 1.29 is 18.7 Å². The van der Waals surface area contributed by atoms with Crippen molar-refractivity contribution in [2.45, 2.75) is 33.2 Å². The molecule has 110 valence electrons. The fourth-order valence-electron chi connectivity index (χ4n) is 1.95. The van der Waals surface area contributed by atoms with Crippen molar-refractivity contribution in [3.05, 3.63) is 35.1 Å². The molecule has 0 radical (unpaired) electrons. The Hall–Kier alpha value is -1.91. The van der Waals surface area contributed by atoms with Crippen molar-refractivity contribution in [3.8, 4) is 0 Å². The van der Waals surface area contributed by atoms with Crippen LogP contribution in [0.1, 0.15) is 36.2 Å². The summed E-state index contributed by atoms with van der Waals surface area (Å²) in [6.07, 6.45) is 0.485. The largest absolute Gasteiger partial charge is 0.467 e. The van der Waals surface area contributed by atoms with Gasteiger partial charge in [-0.25, -0.2) is 9.18 Å². The highest BCUT2D eigenvalue weighted by Gasteiger charge is 2.23. The van der Waals surface area contributed by atoms with E-state index in [0.717, 1.165) is 0 Å². The molecule has 1 atom stereocenters. The Labute approximate surface area is 118 Å². The number of hydrogen-bond acceptors (Lipinski definition) is 3. The van der Waals surface area contributed by atoms with E-state index >= 15 is 0 Å². The predicted molar refractivity (Wildman–Crippen MR) is 73.9 cm³/mol. The molecule has 1 aromatic rings. The molecule has 1 rings (SSSR count). The van der Waals surface area contributed by atoms with E-state index in [1.807, 2.05) is 13.8 Å². The minimum atomic E-state index is -0.697. The maximum atomic E-state index is 13.0. The number of nitrogens with one attached hydrogen (secondary N) is 1. The van der Waals surface area contributed by atoms with Crippen molar-refractivity contribution in [1.29, 1.82) is 0 Å². The molecule has 20 heavy (non-hydrogen) atoms. The van der Waals surface area contributed by atoms with Crippen molar-refractivity contribution in [3.63, 3.8) is 0 Å². The van der Waals surface area contributed by atoms with Crippen LogP contribution >= 0.6 is 0 Å². The lowest BCUT2D eigenvalue weighted by atomic mass is 10.0. The number of rotatable bonds is 5. The average molecular weight is 281 g/mol. The Balaban J connectivity index is 2.87. The second-order valence-corrected chi connectivity index (χ2v) is 5.14. The van der Waals surface area contributed by atoms with E-state index in [0.29, 0.717) is 17.5 Å². The number of amides is 1. The quantitative estimate of drug-likeness (QED) is 0.843. The summed E-state index contributed by atoms with van der Waals surface area (Å²) in [5, 5.41) is 2.64. The van der Waals surface area contributed by atoms with Crippen molar-refractivity contribution in [1.82, 2.24) is 5.32 Å². The van der Waals surface area contributed by atoms with E-state index in [9.17, 15) is 14.0 Å². The smallest absolute Gasteiger partial charge is 0.328 e. The third-order valence-corrected chi connectivity index (χ3v) is 2.93. The minimum Gasteiger partial charge on any atom is -0.467 e. The van der Waals surface area contributed by atoms with Crippen molar-refractivity contribution in [2.24, 2.45) is 5.92 Å². The summed E-state index contributed by atoms with van der Waals surface area (Å²) < 4.78 is 17.7. The molecule has 0 saturated carbocycles. The molecule has 0 aromatic heterocycles. The van der Waals surface area contributed by atoms with E-state index in [2.05, 4.69) is 10.1 Å². The second kappa shape index (κ2) is 7.03. The van der Waals surface area contributed by atoms with Crippen LogP contribution in [0.4, 0.5) is 4.39 Å². The van der Waals surface area contributed by atoms with E-state index < -0.39 is 23.7 Å². The summed E-state index contributed by atoms with van der Waals surface area (Å²) in [7, 11) is 1.28. The standard InChI is InChI=1S/C15H20FNO3/c1-9(2)7-13(15(19)20-4)17-14(18)12-6-5-11(16)8-10(12)3/h5-6,8-9,13H,7H2,1-4H3,(H,17,18). The third-order valence-electron chi connectivity index (χ3n) is 2.93. The number of carbonyl (C=O) groups is 2. The molecular formula is C15H20FNO3. The first-order valence-corrected chi connectivity index (χ1v) is 6.50.